The Balaban J connectivity index is 2.36. The standard InChI is InChI=1S/C18H19NO6/c1-3-9-23-17(20)15(25-22)11-13-12-7-5-6-8-14(12)19-16(13)18(21)24-10-4-2/h3-8,15,19,22H,1-2,9-11H2. The molecule has 0 spiro atoms. The predicted molar refractivity (Wildman–Crippen MR) is 91.1 cm³/mol. The number of carbonyl (C=O) groups excluding carboxylic acids is 2. The van der Waals surface area contributed by atoms with Crippen molar-refractivity contribution in [1.29, 1.82) is 0 Å². The first kappa shape index (κ1) is 18.4. The van der Waals surface area contributed by atoms with Gasteiger partial charge in [-0.3, -0.25) is 5.26 Å². The van der Waals surface area contributed by atoms with E-state index in [9.17, 15) is 9.59 Å². The highest BCUT2D eigenvalue weighted by atomic mass is 17.1. The second-order valence-corrected chi connectivity index (χ2v) is 5.13. The summed E-state index contributed by atoms with van der Waals surface area (Å²) in [5, 5.41) is 9.79. The molecule has 2 rings (SSSR count). The van der Waals surface area contributed by atoms with Gasteiger partial charge in [-0.2, -0.15) is 0 Å². The molecule has 1 unspecified atom stereocenters. The van der Waals surface area contributed by atoms with Crippen LogP contribution < -0.4 is 0 Å². The van der Waals surface area contributed by atoms with E-state index in [0.717, 1.165) is 0 Å². The van der Waals surface area contributed by atoms with Gasteiger partial charge in [-0.1, -0.05) is 43.5 Å². The van der Waals surface area contributed by atoms with Crippen molar-refractivity contribution in [2.75, 3.05) is 13.2 Å². The molecule has 2 N–H and O–H groups in total. The van der Waals surface area contributed by atoms with Crippen molar-refractivity contribution in [3.05, 3.63) is 60.8 Å². The lowest BCUT2D eigenvalue weighted by Crippen LogP contribution is -2.28. The van der Waals surface area contributed by atoms with Gasteiger partial charge in [0, 0.05) is 17.3 Å². The minimum absolute atomic E-state index is 0.0131. The first-order chi connectivity index (χ1) is 12.1. The Labute approximate surface area is 144 Å². The zero-order valence-electron chi connectivity index (χ0n) is 13.6. The summed E-state index contributed by atoms with van der Waals surface area (Å²) in [5.41, 5.74) is 1.36. The van der Waals surface area contributed by atoms with Crippen molar-refractivity contribution in [3.63, 3.8) is 0 Å². The molecule has 0 amide bonds. The molecule has 25 heavy (non-hydrogen) atoms. The van der Waals surface area contributed by atoms with Crippen LogP contribution in [-0.4, -0.2) is 41.5 Å². The SMILES string of the molecule is C=CCOC(=O)c1[nH]c2ccccc2c1CC(OO)C(=O)OCC=C. The van der Waals surface area contributed by atoms with Crippen molar-refractivity contribution in [2.24, 2.45) is 0 Å². The van der Waals surface area contributed by atoms with Crippen LogP contribution in [0.4, 0.5) is 0 Å². The van der Waals surface area contributed by atoms with Crippen LogP contribution in [0.3, 0.4) is 0 Å². The van der Waals surface area contributed by atoms with Crippen molar-refractivity contribution in [2.45, 2.75) is 12.5 Å². The summed E-state index contributed by atoms with van der Waals surface area (Å²) < 4.78 is 9.96. The zero-order valence-corrected chi connectivity index (χ0v) is 13.6. The maximum Gasteiger partial charge on any atom is 0.355 e. The van der Waals surface area contributed by atoms with Crippen LogP contribution in [0.15, 0.2) is 49.6 Å². The van der Waals surface area contributed by atoms with E-state index in [2.05, 4.69) is 23.0 Å². The van der Waals surface area contributed by atoms with Crippen LogP contribution in [-0.2, 0) is 25.6 Å². The van der Waals surface area contributed by atoms with Gasteiger partial charge in [0.2, 0.25) is 0 Å². The van der Waals surface area contributed by atoms with E-state index in [1.54, 1.807) is 24.3 Å². The average Bonchev–Trinajstić information content (AvgIpc) is 3.00. The van der Waals surface area contributed by atoms with E-state index in [1.165, 1.54) is 12.2 Å². The van der Waals surface area contributed by atoms with Gasteiger partial charge in [-0.25, -0.2) is 14.5 Å². The largest absolute Gasteiger partial charge is 0.459 e. The molecule has 1 atom stereocenters. The van der Waals surface area contributed by atoms with E-state index in [4.69, 9.17) is 14.7 Å². The van der Waals surface area contributed by atoms with Crippen LogP contribution in [0.5, 0.6) is 0 Å². The molecular weight excluding hydrogens is 326 g/mol. The third-order valence-electron chi connectivity index (χ3n) is 3.47. The molecule has 0 saturated carbocycles. The van der Waals surface area contributed by atoms with Crippen LogP contribution in [0.2, 0.25) is 0 Å². The molecule has 0 saturated heterocycles. The van der Waals surface area contributed by atoms with Crippen molar-refractivity contribution < 1.29 is 29.2 Å². The van der Waals surface area contributed by atoms with Crippen LogP contribution in [0, 0.1) is 0 Å². The maximum atomic E-state index is 12.3. The number of carbonyl (C=O) groups is 2. The number of nitrogens with one attached hydrogen (secondary N) is 1. The summed E-state index contributed by atoms with van der Waals surface area (Å²) in [4.78, 5) is 31.5. The third-order valence-corrected chi connectivity index (χ3v) is 3.47. The number of H-pyrrole nitrogens is 1. The normalized spacial score (nSPS) is 11.7. The number of ether oxygens (including phenoxy) is 2. The summed E-state index contributed by atoms with van der Waals surface area (Å²) in [6.07, 6.45) is 1.49. The quantitative estimate of drug-likeness (QED) is 0.314. The minimum atomic E-state index is -1.29. The van der Waals surface area contributed by atoms with Crippen LogP contribution >= 0.6 is 0 Å². The Hall–Kier alpha value is -2.90. The van der Waals surface area contributed by atoms with Gasteiger partial charge in [0.15, 0.2) is 6.10 Å². The van der Waals surface area contributed by atoms with E-state index >= 15 is 0 Å². The minimum Gasteiger partial charge on any atom is -0.459 e. The molecule has 1 heterocycles. The fourth-order valence-electron chi connectivity index (χ4n) is 2.38. The van der Waals surface area contributed by atoms with Gasteiger partial charge >= 0.3 is 11.9 Å². The van der Waals surface area contributed by atoms with E-state index in [1.807, 2.05) is 0 Å². The number of esters is 2. The Morgan fingerprint density at radius 1 is 1.16 bits per heavy atom. The maximum absolute atomic E-state index is 12.3. The van der Waals surface area contributed by atoms with Gasteiger partial charge in [0.1, 0.15) is 18.9 Å². The number of para-hydroxylation sites is 1. The lowest BCUT2D eigenvalue weighted by atomic mass is 10.0. The molecule has 132 valence electrons. The van der Waals surface area contributed by atoms with Crippen LogP contribution in [0.1, 0.15) is 16.1 Å². The van der Waals surface area contributed by atoms with Crippen molar-refractivity contribution in [3.8, 4) is 0 Å². The van der Waals surface area contributed by atoms with E-state index in [-0.39, 0.29) is 25.3 Å². The van der Waals surface area contributed by atoms with Gasteiger partial charge in [-0.05, 0) is 11.6 Å². The Morgan fingerprint density at radius 3 is 2.52 bits per heavy atom. The highest BCUT2D eigenvalue weighted by Crippen LogP contribution is 2.25. The van der Waals surface area contributed by atoms with E-state index < -0.39 is 18.0 Å². The number of aromatic amines is 1. The number of benzene rings is 1. The highest BCUT2D eigenvalue weighted by Gasteiger charge is 2.27. The first-order valence-corrected chi connectivity index (χ1v) is 7.57. The topological polar surface area (TPSA) is 97.9 Å². The summed E-state index contributed by atoms with van der Waals surface area (Å²) in [6, 6.07) is 7.17. The summed E-state index contributed by atoms with van der Waals surface area (Å²) >= 11 is 0. The van der Waals surface area contributed by atoms with Crippen LogP contribution in [0.25, 0.3) is 10.9 Å². The molecule has 7 nitrogen and oxygen atoms in total. The molecule has 0 radical (unpaired) electrons. The highest BCUT2D eigenvalue weighted by molar-refractivity contribution is 5.98. The number of rotatable bonds is 9. The van der Waals surface area contributed by atoms with Gasteiger partial charge in [0.05, 0.1) is 0 Å². The molecule has 2 aromatic rings. The molecule has 7 heteroatoms. The predicted octanol–water partition coefficient (Wildman–Crippen LogP) is 2.64. The molecule has 0 fully saturated rings. The summed E-state index contributed by atoms with van der Waals surface area (Å²) in [7, 11) is 0. The Bertz CT molecular complexity index is 779. The molecular formula is C18H19NO6. The molecule has 0 aliphatic heterocycles. The number of hydrogen-bond donors (Lipinski definition) is 2. The molecule has 0 aliphatic rings. The third kappa shape index (κ3) is 4.34. The zero-order chi connectivity index (χ0) is 18.2. The smallest absolute Gasteiger partial charge is 0.355 e. The second kappa shape index (κ2) is 8.81. The average molecular weight is 345 g/mol. The first-order valence-electron chi connectivity index (χ1n) is 7.57. The number of hydrogen-bond acceptors (Lipinski definition) is 6. The molecule has 1 aromatic carbocycles. The van der Waals surface area contributed by atoms with Crippen molar-refractivity contribution in [1.82, 2.24) is 4.98 Å². The van der Waals surface area contributed by atoms with Gasteiger partial charge in [0.25, 0.3) is 0 Å². The molecule has 0 bridgehead atoms. The second-order valence-electron chi connectivity index (χ2n) is 5.13. The number of fused-ring (bicyclic) bond motifs is 1. The molecule has 1 aromatic heterocycles. The Kier molecular flexibility index (Phi) is 6.50. The lowest BCUT2D eigenvalue weighted by molar-refractivity contribution is -0.277. The molecule has 0 aliphatic carbocycles. The number of aromatic nitrogens is 1. The fourth-order valence-corrected chi connectivity index (χ4v) is 2.38. The van der Waals surface area contributed by atoms with Gasteiger partial charge in [-0.15, -0.1) is 0 Å². The summed E-state index contributed by atoms with van der Waals surface area (Å²) in [5.74, 6) is -1.36. The Morgan fingerprint density at radius 2 is 1.84 bits per heavy atom. The van der Waals surface area contributed by atoms with Gasteiger partial charge < -0.3 is 14.5 Å². The van der Waals surface area contributed by atoms with E-state index in [0.29, 0.717) is 16.5 Å². The monoisotopic (exact) mass is 345 g/mol. The lowest BCUT2D eigenvalue weighted by Gasteiger charge is -2.13. The summed E-state index contributed by atoms with van der Waals surface area (Å²) in [6.45, 7) is 6.98. The van der Waals surface area contributed by atoms with Crippen molar-refractivity contribution >= 4 is 22.8 Å². The fraction of sp³-hybridized carbons (Fsp3) is 0.222.